The average Bonchev–Trinajstić information content (AvgIpc) is 3.23. The van der Waals surface area contributed by atoms with Crippen LogP contribution in [0.15, 0.2) is 47.3 Å². The van der Waals surface area contributed by atoms with E-state index in [1.165, 1.54) is 6.92 Å². The predicted molar refractivity (Wildman–Crippen MR) is 98.5 cm³/mol. The zero-order valence-electron chi connectivity index (χ0n) is 14.2. The number of hydrogen-bond donors (Lipinski definition) is 4. The predicted octanol–water partition coefficient (Wildman–Crippen LogP) is 1.92. The van der Waals surface area contributed by atoms with Gasteiger partial charge in [0.15, 0.2) is 11.8 Å². The molecule has 0 saturated carbocycles. The number of aromatic amines is 3. The van der Waals surface area contributed by atoms with Crippen LogP contribution in [0.3, 0.4) is 0 Å². The second kappa shape index (κ2) is 6.45. The lowest BCUT2D eigenvalue weighted by Gasteiger charge is -2.13. The molecule has 0 aliphatic heterocycles. The Balaban J connectivity index is 1.46. The van der Waals surface area contributed by atoms with Crippen molar-refractivity contribution in [3.8, 4) is 0 Å². The van der Waals surface area contributed by atoms with Gasteiger partial charge in [0.05, 0.1) is 16.6 Å². The number of esters is 1. The van der Waals surface area contributed by atoms with Crippen molar-refractivity contribution >= 4 is 39.5 Å². The van der Waals surface area contributed by atoms with Gasteiger partial charge in [-0.2, -0.15) is 5.10 Å². The van der Waals surface area contributed by atoms with E-state index in [0.29, 0.717) is 27.6 Å². The third-order valence-corrected chi connectivity index (χ3v) is 4.10. The number of benzene rings is 2. The molecule has 0 radical (unpaired) electrons. The van der Waals surface area contributed by atoms with E-state index in [1.54, 1.807) is 36.4 Å². The fourth-order valence-electron chi connectivity index (χ4n) is 2.74. The zero-order valence-corrected chi connectivity index (χ0v) is 14.2. The summed E-state index contributed by atoms with van der Waals surface area (Å²) >= 11 is 0. The molecule has 136 valence electrons. The van der Waals surface area contributed by atoms with Gasteiger partial charge >= 0.3 is 11.7 Å². The summed E-state index contributed by atoms with van der Waals surface area (Å²) in [5, 5.41) is 9.98. The summed E-state index contributed by atoms with van der Waals surface area (Å²) in [6.45, 7) is 1.47. The van der Waals surface area contributed by atoms with Crippen LogP contribution in [0.4, 0.5) is 5.69 Å². The first kappa shape index (κ1) is 16.6. The SMILES string of the molecule is CC(OC(=O)c1n[nH]c2ccccc12)C(=O)Nc1ccc2[nH]c(=O)[nH]c2c1. The molecule has 9 nitrogen and oxygen atoms in total. The summed E-state index contributed by atoms with van der Waals surface area (Å²) in [4.78, 5) is 41.2. The van der Waals surface area contributed by atoms with E-state index >= 15 is 0 Å². The van der Waals surface area contributed by atoms with Crippen LogP contribution in [-0.4, -0.2) is 38.1 Å². The van der Waals surface area contributed by atoms with Gasteiger partial charge in [0, 0.05) is 11.1 Å². The number of H-pyrrole nitrogens is 3. The second-order valence-corrected chi connectivity index (χ2v) is 5.99. The first-order valence-corrected chi connectivity index (χ1v) is 8.18. The van der Waals surface area contributed by atoms with Crippen LogP contribution in [0.5, 0.6) is 0 Å². The van der Waals surface area contributed by atoms with Gasteiger partial charge in [-0.05, 0) is 31.2 Å². The van der Waals surface area contributed by atoms with Gasteiger partial charge in [-0.3, -0.25) is 9.89 Å². The Bertz CT molecular complexity index is 1220. The largest absolute Gasteiger partial charge is 0.448 e. The van der Waals surface area contributed by atoms with E-state index in [2.05, 4.69) is 25.5 Å². The van der Waals surface area contributed by atoms with Crippen LogP contribution in [0, 0.1) is 0 Å². The maximum Gasteiger partial charge on any atom is 0.360 e. The number of aromatic nitrogens is 4. The number of imidazole rings is 1. The molecule has 2 aromatic carbocycles. The highest BCUT2D eigenvalue weighted by Crippen LogP contribution is 2.18. The smallest absolute Gasteiger partial charge is 0.360 e. The van der Waals surface area contributed by atoms with Crippen molar-refractivity contribution < 1.29 is 14.3 Å². The number of carbonyl (C=O) groups is 2. The molecule has 0 spiro atoms. The first-order valence-electron chi connectivity index (χ1n) is 8.18. The van der Waals surface area contributed by atoms with Crippen LogP contribution in [-0.2, 0) is 9.53 Å². The lowest BCUT2D eigenvalue weighted by Crippen LogP contribution is -2.30. The number of hydrogen-bond acceptors (Lipinski definition) is 5. The van der Waals surface area contributed by atoms with E-state index < -0.39 is 18.0 Å². The molecular formula is C18H15N5O4. The maximum absolute atomic E-state index is 12.3. The summed E-state index contributed by atoms with van der Waals surface area (Å²) in [5.41, 5.74) is 2.15. The molecule has 4 aromatic rings. The molecule has 1 atom stereocenters. The Morgan fingerprint density at radius 3 is 2.70 bits per heavy atom. The highest BCUT2D eigenvalue weighted by atomic mass is 16.5. The Labute approximate surface area is 151 Å². The molecule has 0 saturated heterocycles. The average molecular weight is 365 g/mol. The molecule has 4 rings (SSSR count). The summed E-state index contributed by atoms with van der Waals surface area (Å²) in [5.74, 6) is -1.19. The third kappa shape index (κ3) is 3.17. The molecular weight excluding hydrogens is 350 g/mol. The molecule has 0 fully saturated rings. The minimum Gasteiger partial charge on any atom is -0.448 e. The molecule has 1 amide bonds. The summed E-state index contributed by atoms with van der Waals surface area (Å²) in [7, 11) is 0. The quantitative estimate of drug-likeness (QED) is 0.410. The van der Waals surface area contributed by atoms with E-state index in [-0.39, 0.29) is 11.4 Å². The van der Waals surface area contributed by atoms with Gasteiger partial charge < -0.3 is 20.0 Å². The van der Waals surface area contributed by atoms with Gasteiger partial charge in [0.25, 0.3) is 5.91 Å². The molecule has 0 bridgehead atoms. The number of ether oxygens (including phenoxy) is 1. The van der Waals surface area contributed by atoms with E-state index in [1.807, 2.05) is 6.07 Å². The number of para-hydroxylation sites is 1. The number of fused-ring (bicyclic) bond motifs is 2. The Hall–Kier alpha value is -3.88. The normalized spacial score (nSPS) is 12.2. The van der Waals surface area contributed by atoms with Crippen LogP contribution < -0.4 is 11.0 Å². The van der Waals surface area contributed by atoms with Gasteiger partial charge in [-0.1, -0.05) is 18.2 Å². The van der Waals surface area contributed by atoms with Crippen LogP contribution in [0.2, 0.25) is 0 Å². The Morgan fingerprint density at radius 1 is 1.07 bits per heavy atom. The van der Waals surface area contributed by atoms with Crippen molar-refractivity contribution in [2.24, 2.45) is 0 Å². The monoisotopic (exact) mass is 365 g/mol. The zero-order chi connectivity index (χ0) is 19.0. The van der Waals surface area contributed by atoms with E-state index in [4.69, 9.17) is 4.74 Å². The number of amides is 1. The second-order valence-electron chi connectivity index (χ2n) is 5.99. The highest BCUT2D eigenvalue weighted by molar-refractivity contribution is 6.03. The minimum absolute atomic E-state index is 0.122. The number of nitrogens with one attached hydrogen (secondary N) is 4. The standard InChI is InChI=1S/C18H15N5O4/c1-9(27-17(25)15-11-4-2-3-5-12(11)22-23-15)16(24)19-10-6-7-13-14(8-10)21-18(26)20-13/h2-9H,1H3,(H,19,24)(H,22,23)(H2,20,21,26). The molecule has 0 aliphatic carbocycles. The van der Waals surface area contributed by atoms with Crippen molar-refractivity contribution in [2.75, 3.05) is 5.32 Å². The number of anilines is 1. The summed E-state index contributed by atoms with van der Waals surface area (Å²) < 4.78 is 5.23. The van der Waals surface area contributed by atoms with Gasteiger partial charge in [0.2, 0.25) is 0 Å². The lowest BCUT2D eigenvalue weighted by molar-refractivity contribution is -0.123. The number of carbonyl (C=O) groups excluding carboxylic acids is 2. The van der Waals surface area contributed by atoms with Gasteiger partial charge in [-0.15, -0.1) is 0 Å². The van der Waals surface area contributed by atoms with Crippen LogP contribution >= 0.6 is 0 Å². The van der Waals surface area contributed by atoms with Crippen molar-refractivity contribution in [1.82, 2.24) is 20.2 Å². The van der Waals surface area contributed by atoms with Gasteiger partial charge in [-0.25, -0.2) is 9.59 Å². The summed E-state index contributed by atoms with van der Waals surface area (Å²) in [6, 6.07) is 12.0. The van der Waals surface area contributed by atoms with E-state index in [9.17, 15) is 14.4 Å². The van der Waals surface area contributed by atoms with Crippen molar-refractivity contribution in [1.29, 1.82) is 0 Å². The summed E-state index contributed by atoms with van der Waals surface area (Å²) in [6.07, 6.45) is -1.03. The molecule has 1 unspecified atom stereocenters. The fraction of sp³-hybridized carbons (Fsp3) is 0.111. The molecule has 0 aliphatic rings. The topological polar surface area (TPSA) is 133 Å². The van der Waals surface area contributed by atoms with Crippen molar-refractivity contribution in [2.45, 2.75) is 13.0 Å². The molecule has 27 heavy (non-hydrogen) atoms. The molecule has 9 heteroatoms. The highest BCUT2D eigenvalue weighted by Gasteiger charge is 2.22. The third-order valence-electron chi connectivity index (χ3n) is 4.10. The number of rotatable bonds is 4. The van der Waals surface area contributed by atoms with Crippen molar-refractivity contribution in [3.63, 3.8) is 0 Å². The number of nitrogens with zero attached hydrogens (tertiary/aromatic N) is 1. The molecule has 2 heterocycles. The van der Waals surface area contributed by atoms with Crippen LogP contribution in [0.1, 0.15) is 17.4 Å². The van der Waals surface area contributed by atoms with Gasteiger partial charge in [0.1, 0.15) is 0 Å². The fourth-order valence-corrected chi connectivity index (χ4v) is 2.74. The van der Waals surface area contributed by atoms with E-state index in [0.717, 1.165) is 0 Å². The first-order chi connectivity index (χ1) is 13.0. The Morgan fingerprint density at radius 2 is 1.85 bits per heavy atom. The molecule has 4 N–H and O–H groups in total. The minimum atomic E-state index is -1.03. The van der Waals surface area contributed by atoms with Crippen LogP contribution in [0.25, 0.3) is 21.9 Å². The lowest BCUT2D eigenvalue weighted by atomic mass is 10.2. The maximum atomic E-state index is 12.3. The van der Waals surface area contributed by atoms with Crippen molar-refractivity contribution in [3.05, 3.63) is 58.6 Å². The molecule has 2 aromatic heterocycles. The Kier molecular flexibility index (Phi) is 3.96.